The third-order valence-electron chi connectivity index (χ3n) is 8.17. The van der Waals surface area contributed by atoms with Crippen molar-refractivity contribution in [3.05, 3.63) is 72.7 Å². The van der Waals surface area contributed by atoms with Crippen LogP contribution in [0.4, 0.5) is 21.6 Å². The van der Waals surface area contributed by atoms with Gasteiger partial charge in [-0.2, -0.15) is 5.10 Å². The van der Waals surface area contributed by atoms with Gasteiger partial charge < -0.3 is 24.8 Å². The first kappa shape index (κ1) is 29.4. The number of aryl methyl sites for hydroxylation is 1. The lowest BCUT2D eigenvalue weighted by Crippen LogP contribution is -2.24. The van der Waals surface area contributed by atoms with Crippen molar-refractivity contribution in [2.75, 3.05) is 31.3 Å². The van der Waals surface area contributed by atoms with E-state index < -0.39 is 11.7 Å². The first-order valence-electron chi connectivity index (χ1n) is 15.1. The second-order valence-corrected chi connectivity index (χ2v) is 11.5. The fraction of sp³-hybridized carbons (Fsp3) is 0.303. The number of hydrogen-bond donors (Lipinski definition) is 2. The monoisotopic (exact) mass is 624 g/mol. The van der Waals surface area contributed by atoms with Crippen molar-refractivity contribution in [3.8, 4) is 23.0 Å². The normalized spacial score (nSPS) is 17.0. The summed E-state index contributed by atoms with van der Waals surface area (Å²) in [5.74, 6) is 0.973. The Morgan fingerprint density at radius 2 is 1.89 bits per heavy atom. The third kappa shape index (κ3) is 6.13. The van der Waals surface area contributed by atoms with Crippen LogP contribution >= 0.6 is 0 Å². The Kier molecular flexibility index (Phi) is 7.83. The maximum absolute atomic E-state index is 15.0. The number of likely N-dealkylation sites (tertiary alicyclic amines) is 1. The van der Waals surface area contributed by atoms with E-state index in [4.69, 9.17) is 14.2 Å². The fourth-order valence-electron chi connectivity index (χ4n) is 5.48. The number of fused-ring (bicyclic) bond motifs is 2. The van der Waals surface area contributed by atoms with Crippen molar-refractivity contribution in [1.29, 1.82) is 0 Å². The van der Waals surface area contributed by atoms with Gasteiger partial charge in [0.2, 0.25) is 0 Å². The van der Waals surface area contributed by atoms with E-state index in [2.05, 4.69) is 30.7 Å². The van der Waals surface area contributed by atoms with Gasteiger partial charge in [0.05, 0.1) is 30.1 Å². The molecule has 0 unspecified atom stereocenters. The Morgan fingerprint density at radius 3 is 2.67 bits per heavy atom. The van der Waals surface area contributed by atoms with E-state index in [1.165, 1.54) is 25.8 Å². The van der Waals surface area contributed by atoms with E-state index in [0.717, 1.165) is 37.8 Å². The molecule has 0 bridgehead atoms. The fourth-order valence-corrected chi connectivity index (χ4v) is 5.48. The summed E-state index contributed by atoms with van der Waals surface area (Å²) in [5, 5.41) is 10.8. The molecule has 5 aromatic rings. The van der Waals surface area contributed by atoms with E-state index >= 15 is 0 Å². The van der Waals surface area contributed by atoms with Crippen LogP contribution in [-0.4, -0.2) is 68.2 Å². The lowest BCUT2D eigenvalue weighted by Gasteiger charge is -2.18. The molecule has 1 atom stereocenters. The zero-order valence-electron chi connectivity index (χ0n) is 25.7. The molecule has 2 fully saturated rings. The molecule has 1 aliphatic carbocycles. The number of ether oxygens (including phenoxy) is 3. The van der Waals surface area contributed by atoms with Crippen molar-refractivity contribution >= 4 is 39.6 Å². The number of pyridine rings is 1. The summed E-state index contributed by atoms with van der Waals surface area (Å²) in [4.78, 5) is 28.0. The van der Waals surface area contributed by atoms with Gasteiger partial charge >= 0.3 is 0 Å². The largest absolute Gasteiger partial charge is 0.494 e. The van der Waals surface area contributed by atoms with Crippen LogP contribution in [0.25, 0.3) is 16.6 Å². The molecule has 7 rings (SSSR count). The van der Waals surface area contributed by atoms with Crippen LogP contribution in [0.5, 0.6) is 23.0 Å². The average molecular weight is 625 g/mol. The number of hydrogen-bond acceptors (Lipinski definition) is 10. The Labute approximate surface area is 264 Å². The molecule has 2 aromatic carbocycles. The average Bonchev–Trinajstić information content (AvgIpc) is 3.59. The Hall–Kier alpha value is -5.30. The van der Waals surface area contributed by atoms with Gasteiger partial charge in [-0.05, 0) is 76.0 Å². The molecule has 46 heavy (non-hydrogen) atoms. The van der Waals surface area contributed by atoms with Crippen LogP contribution in [0.3, 0.4) is 0 Å². The van der Waals surface area contributed by atoms with Crippen LogP contribution in [0, 0.1) is 6.92 Å². The maximum atomic E-state index is 15.0. The predicted molar refractivity (Wildman–Crippen MR) is 171 cm³/mol. The second-order valence-electron chi connectivity index (χ2n) is 11.5. The standard InChI is InChI=1S/C33H33FN8O4/c1-19-11-26(30(45-21-6-7-21)16-28(19)46-22-8-10-42-31(13-22)36-18-38-42)39-32-23-14-27(29(44-3)15-25(23)35-17-37-32)40-33(43)24(34)12-20-5-4-9-41(20)2/h8,10-18,20-21H,4-7,9H2,1-3H3,(H,40,43)(H,35,37,39)/b24-12-/t20-/m1/s1. The highest BCUT2D eigenvalue weighted by molar-refractivity contribution is 6.05. The second kappa shape index (κ2) is 12.2. The van der Waals surface area contributed by atoms with Crippen molar-refractivity contribution < 1.29 is 23.4 Å². The molecule has 1 saturated heterocycles. The number of halogens is 1. The van der Waals surface area contributed by atoms with Gasteiger partial charge in [0.15, 0.2) is 11.5 Å². The number of amides is 1. The van der Waals surface area contributed by atoms with Gasteiger partial charge in [-0.3, -0.25) is 9.69 Å². The number of carbonyl (C=O) groups is 1. The topological polar surface area (TPSA) is 128 Å². The number of rotatable bonds is 10. The predicted octanol–water partition coefficient (Wildman–Crippen LogP) is 5.95. The van der Waals surface area contributed by atoms with Crippen molar-refractivity contribution in [2.45, 2.75) is 44.8 Å². The Balaban J connectivity index is 1.19. The number of aromatic nitrogens is 5. The Morgan fingerprint density at radius 1 is 1.02 bits per heavy atom. The number of likely N-dealkylation sites (N-methyl/N-ethyl adjacent to an activating group) is 1. The summed E-state index contributed by atoms with van der Waals surface area (Å²) < 4.78 is 34.7. The molecule has 12 nitrogen and oxygen atoms in total. The van der Waals surface area contributed by atoms with Crippen LogP contribution in [0.15, 0.2) is 67.2 Å². The highest BCUT2D eigenvalue weighted by Gasteiger charge is 2.26. The highest BCUT2D eigenvalue weighted by Crippen LogP contribution is 2.41. The minimum absolute atomic E-state index is 0.113. The van der Waals surface area contributed by atoms with Crippen molar-refractivity contribution in [3.63, 3.8) is 0 Å². The van der Waals surface area contributed by atoms with Crippen LogP contribution in [-0.2, 0) is 4.79 Å². The molecular weight excluding hydrogens is 591 g/mol. The summed E-state index contributed by atoms with van der Waals surface area (Å²) in [6, 6.07) is 10.7. The first-order chi connectivity index (χ1) is 22.3. The lowest BCUT2D eigenvalue weighted by molar-refractivity contribution is -0.114. The van der Waals surface area contributed by atoms with E-state index in [1.807, 2.05) is 43.1 Å². The number of carbonyl (C=O) groups excluding carboxylic acids is 1. The lowest BCUT2D eigenvalue weighted by atomic mass is 10.1. The van der Waals surface area contributed by atoms with Crippen LogP contribution in [0.1, 0.15) is 31.2 Å². The van der Waals surface area contributed by atoms with Crippen LogP contribution in [0.2, 0.25) is 0 Å². The molecular formula is C33H33FN8O4. The summed E-state index contributed by atoms with van der Waals surface area (Å²) in [7, 11) is 3.40. The van der Waals surface area contributed by atoms with Crippen molar-refractivity contribution in [1.82, 2.24) is 29.5 Å². The van der Waals surface area contributed by atoms with E-state index in [1.54, 1.807) is 22.8 Å². The van der Waals surface area contributed by atoms with E-state index in [9.17, 15) is 9.18 Å². The van der Waals surface area contributed by atoms with Gasteiger partial charge in [-0.25, -0.2) is 23.9 Å². The van der Waals surface area contributed by atoms with Gasteiger partial charge in [-0.1, -0.05) is 0 Å². The highest BCUT2D eigenvalue weighted by atomic mass is 19.1. The van der Waals surface area contributed by atoms with Crippen molar-refractivity contribution in [2.24, 2.45) is 0 Å². The minimum Gasteiger partial charge on any atom is -0.494 e. The molecule has 0 spiro atoms. The molecule has 1 aliphatic heterocycles. The van der Waals surface area contributed by atoms with Gasteiger partial charge in [0.25, 0.3) is 5.91 Å². The quantitative estimate of drug-likeness (QED) is 0.180. The zero-order chi connectivity index (χ0) is 31.8. The first-order valence-corrected chi connectivity index (χ1v) is 15.1. The van der Waals surface area contributed by atoms with E-state index in [-0.39, 0.29) is 12.1 Å². The summed E-state index contributed by atoms with van der Waals surface area (Å²) in [6.07, 6.45) is 9.90. The number of benzene rings is 2. The zero-order valence-corrected chi connectivity index (χ0v) is 25.7. The molecule has 4 heterocycles. The molecule has 13 heteroatoms. The molecule has 1 amide bonds. The molecule has 2 aliphatic rings. The number of methoxy groups -OCH3 is 1. The molecule has 0 radical (unpaired) electrons. The molecule has 236 valence electrons. The third-order valence-corrected chi connectivity index (χ3v) is 8.17. The summed E-state index contributed by atoms with van der Waals surface area (Å²) >= 11 is 0. The number of anilines is 3. The minimum atomic E-state index is -0.848. The van der Waals surface area contributed by atoms with Gasteiger partial charge in [0.1, 0.15) is 41.5 Å². The molecule has 2 N–H and O–H groups in total. The summed E-state index contributed by atoms with van der Waals surface area (Å²) in [6.45, 7) is 2.81. The smallest absolute Gasteiger partial charge is 0.284 e. The Bertz CT molecular complexity index is 1970. The van der Waals surface area contributed by atoms with E-state index in [0.29, 0.717) is 56.7 Å². The van der Waals surface area contributed by atoms with Crippen LogP contribution < -0.4 is 24.8 Å². The number of nitrogens with one attached hydrogen (secondary N) is 2. The summed E-state index contributed by atoms with van der Waals surface area (Å²) in [5.41, 5.74) is 3.07. The number of nitrogens with zero attached hydrogens (tertiary/aromatic N) is 6. The molecule has 3 aromatic heterocycles. The van der Waals surface area contributed by atoms with Gasteiger partial charge in [-0.15, -0.1) is 0 Å². The maximum Gasteiger partial charge on any atom is 0.284 e. The van der Waals surface area contributed by atoms with Gasteiger partial charge in [0, 0.05) is 35.8 Å². The molecule has 1 saturated carbocycles. The SMILES string of the molecule is COc1cc2ncnc(Nc3cc(C)c(Oc4ccn5ncnc5c4)cc3OC3CC3)c2cc1NC(=O)/C(F)=C/[C@H]1CCCN1C.